The molecule has 1 aliphatic rings. The first-order chi connectivity index (χ1) is 14.6. The van der Waals surface area contributed by atoms with Crippen molar-refractivity contribution >= 4 is 28.3 Å². The highest BCUT2D eigenvalue weighted by Crippen LogP contribution is 2.25. The molecule has 0 saturated carbocycles. The van der Waals surface area contributed by atoms with Gasteiger partial charge in [-0.05, 0) is 43.5 Å². The number of morpholine rings is 1. The lowest BCUT2D eigenvalue weighted by atomic mass is 10.1. The third-order valence-electron chi connectivity index (χ3n) is 5.50. The minimum atomic E-state index is -0.139. The number of hydrogen-bond acceptors (Lipinski definition) is 6. The van der Waals surface area contributed by atoms with E-state index in [9.17, 15) is 9.59 Å². The molecule has 0 spiro atoms. The summed E-state index contributed by atoms with van der Waals surface area (Å²) in [4.78, 5) is 33.2. The maximum atomic E-state index is 12.9. The predicted molar refractivity (Wildman–Crippen MR) is 118 cm³/mol. The van der Waals surface area contributed by atoms with Gasteiger partial charge < -0.3 is 14.6 Å². The predicted octanol–water partition coefficient (Wildman–Crippen LogP) is 2.59. The second kappa shape index (κ2) is 9.07. The monoisotopic (exact) mass is 426 g/mol. The molecule has 0 radical (unpaired) electrons. The Hall–Kier alpha value is -2.55. The number of amides is 1. The van der Waals surface area contributed by atoms with E-state index in [0.29, 0.717) is 43.1 Å². The van der Waals surface area contributed by atoms with Crippen LogP contribution in [0.1, 0.15) is 33.9 Å². The van der Waals surface area contributed by atoms with E-state index in [2.05, 4.69) is 26.6 Å². The average Bonchev–Trinajstić information content (AvgIpc) is 3.30. The molecule has 0 bridgehead atoms. The Kier molecular flexibility index (Phi) is 6.26. The quantitative estimate of drug-likeness (QED) is 0.656. The Morgan fingerprint density at radius 2 is 2.10 bits per heavy atom. The van der Waals surface area contributed by atoms with Crippen molar-refractivity contribution in [1.82, 2.24) is 19.8 Å². The van der Waals surface area contributed by atoms with Gasteiger partial charge in [0.25, 0.3) is 11.5 Å². The van der Waals surface area contributed by atoms with Crippen LogP contribution in [0.4, 0.5) is 0 Å². The van der Waals surface area contributed by atoms with Crippen molar-refractivity contribution in [3.63, 3.8) is 0 Å². The number of fused-ring (bicyclic) bond motifs is 1. The molecule has 1 aliphatic heterocycles. The van der Waals surface area contributed by atoms with Crippen molar-refractivity contribution in [3.05, 3.63) is 62.2 Å². The van der Waals surface area contributed by atoms with Crippen molar-refractivity contribution < 1.29 is 9.53 Å². The molecule has 2 aromatic heterocycles. The van der Waals surface area contributed by atoms with Crippen LogP contribution in [0, 0.1) is 6.92 Å². The number of carbonyl (C=O) groups excluding carboxylic acids is 1. The zero-order valence-electron chi connectivity index (χ0n) is 17.3. The number of nitrogens with zero attached hydrogens (tertiary/aromatic N) is 3. The lowest BCUT2D eigenvalue weighted by molar-refractivity contribution is 0.0169. The molecule has 3 heterocycles. The van der Waals surface area contributed by atoms with E-state index in [1.807, 2.05) is 13.0 Å². The summed E-state index contributed by atoms with van der Waals surface area (Å²) in [6.45, 7) is 7.85. The van der Waals surface area contributed by atoms with Crippen molar-refractivity contribution in [2.45, 2.75) is 26.4 Å². The Morgan fingerprint density at radius 1 is 1.30 bits per heavy atom. The topological polar surface area (TPSA) is 76.5 Å². The number of nitrogens with one attached hydrogen (secondary N) is 1. The zero-order chi connectivity index (χ0) is 21.1. The highest BCUT2D eigenvalue weighted by atomic mass is 32.1. The van der Waals surface area contributed by atoms with E-state index in [4.69, 9.17) is 4.74 Å². The number of aryl methyl sites for hydroxylation is 2. The number of ether oxygens (including phenoxy) is 1. The molecule has 1 saturated heterocycles. The number of carbonyl (C=O) groups is 1. The fourth-order valence-electron chi connectivity index (χ4n) is 3.90. The molecule has 1 N–H and O–H groups in total. The molecule has 1 fully saturated rings. The number of benzene rings is 1. The largest absolute Gasteiger partial charge is 0.379 e. The van der Waals surface area contributed by atoms with Crippen LogP contribution in [-0.2, 0) is 11.3 Å². The summed E-state index contributed by atoms with van der Waals surface area (Å²) in [7, 11) is 0. The third kappa shape index (κ3) is 4.16. The van der Waals surface area contributed by atoms with E-state index >= 15 is 0 Å². The van der Waals surface area contributed by atoms with Gasteiger partial charge in [0.1, 0.15) is 5.69 Å². The van der Waals surface area contributed by atoms with Gasteiger partial charge in [0.05, 0.1) is 30.3 Å². The van der Waals surface area contributed by atoms with Gasteiger partial charge in [-0.15, -0.1) is 11.3 Å². The van der Waals surface area contributed by atoms with Crippen LogP contribution in [0.3, 0.4) is 0 Å². The lowest BCUT2D eigenvalue weighted by Crippen LogP contribution is -2.43. The molecule has 30 heavy (non-hydrogen) atoms. The van der Waals surface area contributed by atoms with Gasteiger partial charge in [0.2, 0.25) is 0 Å². The summed E-state index contributed by atoms with van der Waals surface area (Å²) in [5, 5.41) is 5.16. The van der Waals surface area contributed by atoms with Gasteiger partial charge >= 0.3 is 0 Å². The molecule has 1 amide bonds. The van der Waals surface area contributed by atoms with Crippen LogP contribution in [0.5, 0.6) is 0 Å². The summed E-state index contributed by atoms with van der Waals surface area (Å²) < 4.78 is 7.17. The molecule has 1 unspecified atom stereocenters. The summed E-state index contributed by atoms with van der Waals surface area (Å²) >= 11 is 1.70. The highest BCUT2D eigenvalue weighted by molar-refractivity contribution is 7.10. The normalized spacial score (nSPS) is 15.9. The summed E-state index contributed by atoms with van der Waals surface area (Å²) in [6.07, 6.45) is 0. The SMILES string of the molecule is CCn1c(=O)c(C)nc2cc(C(=O)NCC(c3cccs3)N3CCOCC3)ccc21. The Morgan fingerprint density at radius 3 is 2.80 bits per heavy atom. The summed E-state index contributed by atoms with van der Waals surface area (Å²) in [6, 6.07) is 9.61. The first-order valence-electron chi connectivity index (χ1n) is 10.2. The van der Waals surface area contributed by atoms with Crippen LogP contribution < -0.4 is 10.9 Å². The van der Waals surface area contributed by atoms with Crippen molar-refractivity contribution in [2.75, 3.05) is 32.8 Å². The van der Waals surface area contributed by atoms with Gasteiger partial charge in [-0.3, -0.25) is 14.5 Å². The third-order valence-corrected chi connectivity index (χ3v) is 6.48. The number of rotatable bonds is 6. The van der Waals surface area contributed by atoms with E-state index in [0.717, 1.165) is 18.6 Å². The standard InChI is InChI=1S/C22H26N4O3S/c1-3-26-18-7-6-16(13-17(18)24-15(2)22(26)28)21(27)23-14-19(20-5-4-12-30-20)25-8-10-29-11-9-25/h4-7,12-13,19H,3,8-11,14H2,1-2H3,(H,23,27). The zero-order valence-corrected chi connectivity index (χ0v) is 18.1. The molecule has 1 atom stereocenters. The van der Waals surface area contributed by atoms with Gasteiger partial charge in [0.15, 0.2) is 0 Å². The maximum Gasteiger partial charge on any atom is 0.272 e. The van der Waals surface area contributed by atoms with Crippen LogP contribution in [-0.4, -0.2) is 53.2 Å². The molecule has 7 nitrogen and oxygen atoms in total. The minimum Gasteiger partial charge on any atom is -0.379 e. The molecule has 158 valence electrons. The molecule has 4 rings (SSSR count). The van der Waals surface area contributed by atoms with Gasteiger partial charge in [0, 0.05) is 36.6 Å². The second-order valence-corrected chi connectivity index (χ2v) is 8.32. The van der Waals surface area contributed by atoms with E-state index in [1.54, 1.807) is 41.0 Å². The fraction of sp³-hybridized carbons (Fsp3) is 0.409. The number of hydrogen-bond donors (Lipinski definition) is 1. The first kappa shape index (κ1) is 20.7. The Balaban J connectivity index is 1.54. The summed E-state index contributed by atoms with van der Waals surface area (Å²) in [5.41, 5.74) is 2.29. The molecule has 3 aromatic rings. The van der Waals surface area contributed by atoms with Crippen LogP contribution >= 0.6 is 11.3 Å². The number of aromatic nitrogens is 2. The molecule has 1 aromatic carbocycles. The van der Waals surface area contributed by atoms with Crippen molar-refractivity contribution in [1.29, 1.82) is 0 Å². The average molecular weight is 427 g/mol. The van der Waals surface area contributed by atoms with Crippen LogP contribution in [0.25, 0.3) is 11.0 Å². The van der Waals surface area contributed by atoms with Crippen molar-refractivity contribution in [2.24, 2.45) is 0 Å². The first-order valence-corrected chi connectivity index (χ1v) is 11.1. The fourth-order valence-corrected chi connectivity index (χ4v) is 4.76. The number of thiophene rings is 1. The highest BCUT2D eigenvalue weighted by Gasteiger charge is 2.24. The molecule has 8 heteroatoms. The molecular weight excluding hydrogens is 400 g/mol. The van der Waals surface area contributed by atoms with Crippen molar-refractivity contribution in [3.8, 4) is 0 Å². The second-order valence-electron chi connectivity index (χ2n) is 7.34. The van der Waals surface area contributed by atoms with Gasteiger partial charge in [-0.1, -0.05) is 6.07 Å². The lowest BCUT2D eigenvalue weighted by Gasteiger charge is -2.34. The smallest absolute Gasteiger partial charge is 0.272 e. The van der Waals surface area contributed by atoms with Gasteiger partial charge in [-0.25, -0.2) is 4.98 Å². The van der Waals surface area contributed by atoms with Gasteiger partial charge in [-0.2, -0.15) is 0 Å². The van der Waals surface area contributed by atoms with E-state index in [1.165, 1.54) is 4.88 Å². The van der Waals surface area contributed by atoms with E-state index < -0.39 is 0 Å². The van der Waals surface area contributed by atoms with Crippen LogP contribution in [0.2, 0.25) is 0 Å². The Bertz CT molecular complexity index is 1090. The Labute approximate surface area is 179 Å². The summed E-state index contributed by atoms with van der Waals surface area (Å²) in [5.74, 6) is -0.139. The minimum absolute atomic E-state index is 0.0912. The van der Waals surface area contributed by atoms with E-state index in [-0.39, 0.29) is 17.5 Å². The maximum absolute atomic E-state index is 12.9. The van der Waals surface area contributed by atoms with Crippen LogP contribution in [0.15, 0.2) is 40.5 Å². The molecular formula is C22H26N4O3S. The molecule has 0 aliphatic carbocycles.